The lowest BCUT2D eigenvalue weighted by Crippen LogP contribution is -2.36. The molecule has 1 atom stereocenters. The zero-order valence-corrected chi connectivity index (χ0v) is 10.2. The molecule has 0 aliphatic heterocycles. The third-order valence-corrected chi connectivity index (χ3v) is 2.30. The second kappa shape index (κ2) is 5.88. The summed E-state index contributed by atoms with van der Waals surface area (Å²) in [7, 11) is 6.14. The molecule has 0 radical (unpaired) electrons. The van der Waals surface area contributed by atoms with Gasteiger partial charge in [-0.15, -0.1) is 0 Å². The molecule has 0 bridgehead atoms. The minimum Gasteiger partial charge on any atom is -0.313 e. The summed E-state index contributed by atoms with van der Waals surface area (Å²) in [6.07, 6.45) is 5.04. The fraction of sp³-hybridized carbons (Fsp3) is 0.727. The summed E-state index contributed by atoms with van der Waals surface area (Å²) < 4.78 is 1.85. The van der Waals surface area contributed by atoms with Crippen LogP contribution >= 0.6 is 0 Å². The largest absolute Gasteiger partial charge is 0.313 e. The van der Waals surface area contributed by atoms with Gasteiger partial charge in [-0.2, -0.15) is 5.10 Å². The average molecular weight is 210 g/mol. The second-order valence-electron chi connectivity index (χ2n) is 4.39. The summed E-state index contributed by atoms with van der Waals surface area (Å²) in [5.74, 6) is 0. The van der Waals surface area contributed by atoms with Gasteiger partial charge in [0.1, 0.15) is 0 Å². The number of rotatable bonds is 6. The molecule has 0 saturated heterocycles. The molecule has 0 saturated carbocycles. The smallest absolute Gasteiger partial charge is 0.0522 e. The highest BCUT2D eigenvalue weighted by atomic mass is 15.2. The molecular formula is C11H22N4. The molecule has 15 heavy (non-hydrogen) atoms. The molecule has 1 heterocycles. The number of likely N-dealkylation sites (N-methyl/N-ethyl adjacent to an activating group) is 1. The van der Waals surface area contributed by atoms with Gasteiger partial charge in [-0.1, -0.05) is 0 Å². The van der Waals surface area contributed by atoms with E-state index in [1.54, 1.807) is 0 Å². The van der Waals surface area contributed by atoms with Crippen molar-refractivity contribution in [3.63, 3.8) is 0 Å². The first-order valence-corrected chi connectivity index (χ1v) is 5.43. The quantitative estimate of drug-likeness (QED) is 0.742. The number of aromatic nitrogens is 2. The molecule has 1 aromatic rings. The van der Waals surface area contributed by atoms with Gasteiger partial charge in [0, 0.05) is 25.8 Å². The molecule has 0 aliphatic rings. The van der Waals surface area contributed by atoms with Crippen molar-refractivity contribution in [1.82, 2.24) is 20.0 Å². The maximum atomic E-state index is 4.14. The zero-order chi connectivity index (χ0) is 11.3. The Balaban J connectivity index is 2.16. The summed E-state index contributed by atoms with van der Waals surface area (Å²) >= 11 is 0. The highest BCUT2D eigenvalue weighted by Gasteiger charge is 2.02. The Morgan fingerprint density at radius 1 is 1.53 bits per heavy atom. The first-order valence-electron chi connectivity index (χ1n) is 5.43. The molecule has 0 amide bonds. The molecule has 1 aromatic heterocycles. The summed E-state index contributed by atoms with van der Waals surface area (Å²) in [6, 6.07) is 0.539. The number of hydrogen-bond donors (Lipinski definition) is 1. The van der Waals surface area contributed by atoms with Gasteiger partial charge in [-0.05, 0) is 39.5 Å². The molecule has 86 valence electrons. The van der Waals surface area contributed by atoms with Gasteiger partial charge >= 0.3 is 0 Å². The van der Waals surface area contributed by atoms with Crippen molar-refractivity contribution in [3.8, 4) is 0 Å². The maximum Gasteiger partial charge on any atom is 0.0522 e. The van der Waals surface area contributed by atoms with Gasteiger partial charge in [0.15, 0.2) is 0 Å². The SMILES string of the molecule is CC(CN(C)C)NCCc1cnn(C)c1. The van der Waals surface area contributed by atoms with E-state index in [4.69, 9.17) is 0 Å². The zero-order valence-electron chi connectivity index (χ0n) is 10.2. The predicted molar refractivity (Wildman–Crippen MR) is 62.9 cm³/mol. The van der Waals surface area contributed by atoms with Crippen molar-refractivity contribution in [2.75, 3.05) is 27.2 Å². The van der Waals surface area contributed by atoms with Crippen molar-refractivity contribution in [2.24, 2.45) is 7.05 Å². The van der Waals surface area contributed by atoms with Gasteiger partial charge in [-0.3, -0.25) is 4.68 Å². The first-order chi connectivity index (χ1) is 7.08. The predicted octanol–water partition coefficient (Wildman–Crippen LogP) is 0.502. The highest BCUT2D eigenvalue weighted by molar-refractivity contribution is 5.03. The standard InChI is InChI=1S/C11H22N4/c1-10(8-14(2)3)12-6-5-11-7-13-15(4)9-11/h7,9-10,12H,5-6,8H2,1-4H3. The van der Waals surface area contributed by atoms with Crippen molar-refractivity contribution in [2.45, 2.75) is 19.4 Å². The Labute approximate surface area is 92.3 Å². The summed E-state index contributed by atoms with van der Waals surface area (Å²) in [5, 5.41) is 7.64. The van der Waals surface area contributed by atoms with E-state index in [1.807, 2.05) is 17.9 Å². The molecular weight excluding hydrogens is 188 g/mol. The van der Waals surface area contributed by atoms with Gasteiger partial charge in [0.05, 0.1) is 6.20 Å². The van der Waals surface area contributed by atoms with Crippen LogP contribution < -0.4 is 5.32 Å². The van der Waals surface area contributed by atoms with E-state index in [1.165, 1.54) is 5.56 Å². The third kappa shape index (κ3) is 4.95. The third-order valence-electron chi connectivity index (χ3n) is 2.30. The lowest BCUT2D eigenvalue weighted by atomic mass is 10.2. The van der Waals surface area contributed by atoms with Gasteiger partial charge in [-0.25, -0.2) is 0 Å². The summed E-state index contributed by atoms with van der Waals surface area (Å²) in [6.45, 7) is 4.30. The van der Waals surface area contributed by atoms with Crippen LogP contribution in [-0.4, -0.2) is 47.9 Å². The van der Waals surface area contributed by atoms with Crippen molar-refractivity contribution in [1.29, 1.82) is 0 Å². The van der Waals surface area contributed by atoms with E-state index >= 15 is 0 Å². The minimum absolute atomic E-state index is 0.539. The molecule has 1 N–H and O–H groups in total. The second-order valence-corrected chi connectivity index (χ2v) is 4.39. The van der Waals surface area contributed by atoms with E-state index < -0.39 is 0 Å². The maximum absolute atomic E-state index is 4.14. The van der Waals surface area contributed by atoms with Crippen molar-refractivity contribution < 1.29 is 0 Å². The number of nitrogens with zero attached hydrogens (tertiary/aromatic N) is 3. The van der Waals surface area contributed by atoms with Gasteiger partial charge in [0.25, 0.3) is 0 Å². The van der Waals surface area contributed by atoms with Crippen LogP contribution in [0.1, 0.15) is 12.5 Å². The van der Waals surface area contributed by atoms with Crippen LogP contribution in [0.2, 0.25) is 0 Å². The van der Waals surface area contributed by atoms with E-state index in [0.717, 1.165) is 19.5 Å². The Morgan fingerprint density at radius 2 is 2.27 bits per heavy atom. The summed E-state index contributed by atoms with van der Waals surface area (Å²) in [4.78, 5) is 2.20. The molecule has 0 aromatic carbocycles. The van der Waals surface area contributed by atoms with E-state index in [0.29, 0.717) is 6.04 Å². The van der Waals surface area contributed by atoms with Crippen LogP contribution in [0.3, 0.4) is 0 Å². The van der Waals surface area contributed by atoms with Crippen LogP contribution in [0.5, 0.6) is 0 Å². The normalized spacial score (nSPS) is 13.4. The van der Waals surface area contributed by atoms with Crippen LogP contribution in [0.15, 0.2) is 12.4 Å². The lowest BCUT2D eigenvalue weighted by molar-refractivity contribution is 0.351. The Kier molecular flexibility index (Phi) is 4.78. The molecule has 4 heteroatoms. The van der Waals surface area contributed by atoms with Crippen molar-refractivity contribution >= 4 is 0 Å². The molecule has 1 unspecified atom stereocenters. The molecule has 1 rings (SSSR count). The van der Waals surface area contributed by atoms with Gasteiger partial charge in [0.2, 0.25) is 0 Å². The fourth-order valence-electron chi connectivity index (χ4n) is 1.68. The Hall–Kier alpha value is -0.870. The van der Waals surface area contributed by atoms with E-state index in [2.05, 4.69) is 42.5 Å². The Bertz CT molecular complexity index is 280. The molecule has 4 nitrogen and oxygen atoms in total. The van der Waals surface area contributed by atoms with Crippen LogP contribution in [0.25, 0.3) is 0 Å². The van der Waals surface area contributed by atoms with Crippen LogP contribution in [0.4, 0.5) is 0 Å². The number of hydrogen-bond acceptors (Lipinski definition) is 3. The average Bonchev–Trinajstić information content (AvgIpc) is 2.50. The lowest BCUT2D eigenvalue weighted by Gasteiger charge is -2.17. The molecule has 0 aliphatic carbocycles. The number of aryl methyl sites for hydroxylation is 1. The van der Waals surface area contributed by atoms with Crippen LogP contribution in [-0.2, 0) is 13.5 Å². The van der Waals surface area contributed by atoms with E-state index in [-0.39, 0.29) is 0 Å². The number of nitrogens with one attached hydrogen (secondary N) is 1. The summed E-state index contributed by atoms with van der Waals surface area (Å²) in [5.41, 5.74) is 1.29. The van der Waals surface area contributed by atoms with Crippen LogP contribution in [0, 0.1) is 0 Å². The molecule has 0 spiro atoms. The molecule has 0 fully saturated rings. The topological polar surface area (TPSA) is 33.1 Å². The fourth-order valence-corrected chi connectivity index (χ4v) is 1.68. The monoisotopic (exact) mass is 210 g/mol. The van der Waals surface area contributed by atoms with Gasteiger partial charge < -0.3 is 10.2 Å². The van der Waals surface area contributed by atoms with E-state index in [9.17, 15) is 0 Å². The van der Waals surface area contributed by atoms with Crippen molar-refractivity contribution in [3.05, 3.63) is 18.0 Å². The minimum atomic E-state index is 0.539. The first kappa shape index (κ1) is 12.2. The highest BCUT2D eigenvalue weighted by Crippen LogP contribution is 1.96. The Morgan fingerprint density at radius 3 is 2.80 bits per heavy atom.